The predicted octanol–water partition coefficient (Wildman–Crippen LogP) is 3.94. The molecule has 1 amide bonds. The van der Waals surface area contributed by atoms with Crippen LogP contribution in [-0.4, -0.2) is 12.5 Å². The summed E-state index contributed by atoms with van der Waals surface area (Å²) in [4.78, 5) is 11.8. The van der Waals surface area contributed by atoms with Crippen molar-refractivity contribution in [3.05, 3.63) is 52.7 Å². The molecule has 1 aromatic carbocycles. The minimum absolute atomic E-state index is 0.0290. The third kappa shape index (κ3) is 4.09. The monoisotopic (exact) mass is 363 g/mol. The van der Waals surface area contributed by atoms with Gasteiger partial charge in [0, 0.05) is 6.54 Å². The minimum Gasteiger partial charge on any atom is -0.479 e. The Morgan fingerprint density at radius 1 is 1.04 bits per heavy atom. The third-order valence-electron chi connectivity index (χ3n) is 3.08. The van der Waals surface area contributed by atoms with E-state index in [9.17, 15) is 26.7 Å². The third-order valence-corrected chi connectivity index (χ3v) is 3.08. The van der Waals surface area contributed by atoms with Crippen LogP contribution >= 0.6 is 0 Å². The van der Waals surface area contributed by atoms with E-state index in [0.717, 1.165) is 0 Å². The first kappa shape index (κ1) is 18.8. The van der Waals surface area contributed by atoms with Crippen LogP contribution in [0.3, 0.4) is 0 Å². The Morgan fingerprint density at radius 2 is 1.60 bits per heavy atom. The smallest absolute Gasteiger partial charge is 0.287 e. The van der Waals surface area contributed by atoms with E-state index in [1.54, 1.807) is 0 Å². The van der Waals surface area contributed by atoms with Gasteiger partial charge in [0.1, 0.15) is 12.4 Å². The van der Waals surface area contributed by atoms with Crippen molar-refractivity contribution in [2.45, 2.75) is 20.5 Å². The number of rotatable bonds is 6. The zero-order valence-corrected chi connectivity index (χ0v) is 13.3. The first-order valence-electron chi connectivity index (χ1n) is 7.23. The lowest BCUT2D eigenvalue weighted by Gasteiger charge is -2.09. The van der Waals surface area contributed by atoms with Gasteiger partial charge in [-0.3, -0.25) is 4.79 Å². The second kappa shape index (κ2) is 7.54. The second-order valence-electron chi connectivity index (χ2n) is 5.56. The van der Waals surface area contributed by atoms with Crippen LogP contribution in [0.5, 0.6) is 5.75 Å². The number of amides is 1. The van der Waals surface area contributed by atoms with Crippen LogP contribution in [0.2, 0.25) is 0 Å². The molecule has 0 aliphatic heterocycles. The lowest BCUT2D eigenvalue weighted by molar-refractivity contribution is 0.0916. The lowest BCUT2D eigenvalue weighted by Crippen LogP contribution is -2.26. The molecule has 0 radical (unpaired) electrons. The average Bonchev–Trinajstić information content (AvgIpc) is 3.05. The van der Waals surface area contributed by atoms with Crippen LogP contribution in [0, 0.1) is 35.0 Å². The van der Waals surface area contributed by atoms with Gasteiger partial charge >= 0.3 is 0 Å². The van der Waals surface area contributed by atoms with Gasteiger partial charge in [0.05, 0.1) is 0 Å². The van der Waals surface area contributed by atoms with Crippen molar-refractivity contribution in [1.82, 2.24) is 5.32 Å². The molecule has 1 heterocycles. The summed E-state index contributed by atoms with van der Waals surface area (Å²) < 4.78 is 75.8. The molecule has 2 rings (SSSR count). The van der Waals surface area contributed by atoms with Crippen molar-refractivity contribution in [1.29, 1.82) is 0 Å². The Labute approximate surface area is 139 Å². The number of halogens is 5. The van der Waals surface area contributed by atoms with Crippen LogP contribution in [0.4, 0.5) is 22.0 Å². The fourth-order valence-electron chi connectivity index (χ4n) is 1.82. The highest BCUT2D eigenvalue weighted by molar-refractivity contribution is 5.91. The fourth-order valence-corrected chi connectivity index (χ4v) is 1.82. The van der Waals surface area contributed by atoms with E-state index in [1.165, 1.54) is 12.1 Å². The van der Waals surface area contributed by atoms with Crippen molar-refractivity contribution in [2.24, 2.45) is 5.92 Å². The molecule has 0 fully saturated rings. The zero-order chi connectivity index (χ0) is 18.7. The van der Waals surface area contributed by atoms with Crippen LogP contribution in [0.15, 0.2) is 16.5 Å². The van der Waals surface area contributed by atoms with Gasteiger partial charge < -0.3 is 14.5 Å². The Kier molecular flexibility index (Phi) is 5.66. The lowest BCUT2D eigenvalue weighted by atomic mass is 10.2. The standard InChI is InChI=1S/C16H14F5NO3/c1-7(2)5-22-16(23)9-4-3-8(25-9)6-24-15-13(20)11(18)10(17)12(19)14(15)21/h3-4,7H,5-6H2,1-2H3,(H,22,23). The Bertz CT molecular complexity index is 759. The van der Waals surface area contributed by atoms with Gasteiger partial charge in [-0.25, -0.2) is 13.2 Å². The van der Waals surface area contributed by atoms with Gasteiger partial charge in [-0.05, 0) is 18.1 Å². The van der Waals surface area contributed by atoms with E-state index in [2.05, 4.69) is 10.1 Å². The number of carbonyl (C=O) groups excluding carboxylic acids is 1. The molecule has 0 aliphatic carbocycles. The van der Waals surface area contributed by atoms with Crippen molar-refractivity contribution in [2.75, 3.05) is 6.54 Å². The van der Waals surface area contributed by atoms with Gasteiger partial charge in [0.25, 0.3) is 5.91 Å². The molecule has 0 aliphatic rings. The van der Waals surface area contributed by atoms with Gasteiger partial charge in [0.2, 0.25) is 29.1 Å². The molecule has 136 valence electrons. The molecule has 0 saturated carbocycles. The molecule has 1 aromatic heterocycles. The van der Waals surface area contributed by atoms with Crippen molar-refractivity contribution >= 4 is 5.91 Å². The van der Waals surface area contributed by atoms with E-state index in [1.807, 2.05) is 13.8 Å². The molecule has 0 atom stereocenters. The number of hydrogen-bond acceptors (Lipinski definition) is 3. The normalized spacial score (nSPS) is 11.0. The average molecular weight is 363 g/mol. The van der Waals surface area contributed by atoms with Gasteiger partial charge in [-0.1, -0.05) is 13.8 Å². The summed E-state index contributed by atoms with van der Waals surface area (Å²) in [6.45, 7) is 3.57. The summed E-state index contributed by atoms with van der Waals surface area (Å²) in [7, 11) is 0. The molecule has 0 bridgehead atoms. The number of benzene rings is 1. The van der Waals surface area contributed by atoms with E-state index in [4.69, 9.17) is 4.42 Å². The number of nitrogens with one attached hydrogen (secondary N) is 1. The Balaban J connectivity index is 2.10. The highest BCUT2D eigenvalue weighted by Gasteiger charge is 2.27. The van der Waals surface area contributed by atoms with E-state index < -0.39 is 47.3 Å². The number of furan rings is 1. The maximum absolute atomic E-state index is 13.5. The SMILES string of the molecule is CC(C)CNC(=O)c1ccc(COc2c(F)c(F)c(F)c(F)c2F)o1. The van der Waals surface area contributed by atoms with Crippen molar-refractivity contribution in [3.63, 3.8) is 0 Å². The summed E-state index contributed by atoms with van der Waals surface area (Å²) in [6.07, 6.45) is 0. The molecular weight excluding hydrogens is 349 g/mol. The molecule has 4 nitrogen and oxygen atoms in total. The first-order valence-corrected chi connectivity index (χ1v) is 7.23. The maximum Gasteiger partial charge on any atom is 0.287 e. The van der Waals surface area contributed by atoms with Crippen molar-refractivity contribution < 1.29 is 35.9 Å². The summed E-state index contributed by atoms with van der Waals surface area (Å²) >= 11 is 0. The van der Waals surface area contributed by atoms with Gasteiger partial charge in [-0.15, -0.1) is 0 Å². The number of carbonyl (C=O) groups is 1. The molecule has 0 saturated heterocycles. The van der Waals surface area contributed by atoms with Crippen LogP contribution in [0.1, 0.15) is 30.2 Å². The fraction of sp³-hybridized carbons (Fsp3) is 0.312. The van der Waals surface area contributed by atoms with Crippen LogP contribution in [-0.2, 0) is 6.61 Å². The summed E-state index contributed by atoms with van der Waals surface area (Å²) in [5.74, 6) is -12.5. The molecular formula is C16H14F5NO3. The summed E-state index contributed by atoms with van der Waals surface area (Å²) in [6, 6.07) is 2.59. The summed E-state index contributed by atoms with van der Waals surface area (Å²) in [5.41, 5.74) is 0. The number of hydrogen-bond donors (Lipinski definition) is 1. The largest absolute Gasteiger partial charge is 0.479 e. The molecule has 9 heteroatoms. The zero-order valence-electron chi connectivity index (χ0n) is 13.3. The molecule has 0 spiro atoms. The molecule has 1 N–H and O–H groups in total. The highest BCUT2D eigenvalue weighted by Crippen LogP contribution is 2.29. The van der Waals surface area contributed by atoms with Gasteiger partial charge in [0.15, 0.2) is 11.5 Å². The molecule has 2 aromatic rings. The molecule has 0 unspecified atom stereocenters. The Morgan fingerprint density at radius 3 is 2.16 bits per heavy atom. The highest BCUT2D eigenvalue weighted by atomic mass is 19.2. The van der Waals surface area contributed by atoms with E-state index in [-0.39, 0.29) is 17.4 Å². The topological polar surface area (TPSA) is 51.5 Å². The molecule has 25 heavy (non-hydrogen) atoms. The van der Waals surface area contributed by atoms with Crippen molar-refractivity contribution in [3.8, 4) is 5.75 Å². The maximum atomic E-state index is 13.5. The second-order valence-corrected chi connectivity index (χ2v) is 5.56. The predicted molar refractivity (Wildman–Crippen MR) is 76.4 cm³/mol. The van der Waals surface area contributed by atoms with Gasteiger partial charge in [-0.2, -0.15) is 8.78 Å². The summed E-state index contributed by atoms with van der Waals surface area (Å²) in [5, 5.41) is 2.59. The first-order chi connectivity index (χ1) is 11.7. The van der Waals surface area contributed by atoms with Crippen LogP contribution in [0.25, 0.3) is 0 Å². The number of ether oxygens (including phenoxy) is 1. The van der Waals surface area contributed by atoms with Crippen LogP contribution < -0.4 is 10.1 Å². The minimum atomic E-state index is -2.27. The van der Waals surface area contributed by atoms with E-state index in [0.29, 0.717) is 6.54 Å². The Hall–Kier alpha value is -2.58. The van der Waals surface area contributed by atoms with E-state index >= 15 is 0 Å². The quantitative estimate of drug-likeness (QED) is 0.481.